The third-order valence-corrected chi connectivity index (χ3v) is 1.96. The molecule has 74 valence electrons. The maximum atomic E-state index is 5.38. The summed E-state index contributed by atoms with van der Waals surface area (Å²) in [6.07, 6.45) is 12.1. The van der Waals surface area contributed by atoms with Gasteiger partial charge in [-0.3, -0.25) is 0 Å². The third-order valence-electron chi connectivity index (χ3n) is 1.96. The van der Waals surface area contributed by atoms with Crippen LogP contribution < -0.4 is 0 Å². The Bertz CT molecular complexity index is 415. The van der Waals surface area contributed by atoms with Crippen molar-refractivity contribution in [1.82, 2.24) is 0 Å². The Morgan fingerprint density at radius 2 is 2.00 bits per heavy atom. The van der Waals surface area contributed by atoms with Crippen molar-refractivity contribution in [3.63, 3.8) is 0 Å². The summed E-state index contributed by atoms with van der Waals surface area (Å²) >= 11 is 0. The van der Waals surface area contributed by atoms with Crippen LogP contribution in [0.1, 0.15) is 5.56 Å². The first-order valence-electron chi connectivity index (χ1n) is 4.54. The van der Waals surface area contributed by atoms with Gasteiger partial charge < -0.3 is 4.74 Å². The number of rotatable bonds is 3. The van der Waals surface area contributed by atoms with Gasteiger partial charge in [-0.05, 0) is 11.6 Å². The van der Waals surface area contributed by atoms with Crippen LogP contribution in [0.4, 0.5) is 0 Å². The Kier molecular flexibility index (Phi) is 4.23. The second-order valence-corrected chi connectivity index (χ2v) is 2.94. The van der Waals surface area contributed by atoms with Crippen LogP contribution in [0.5, 0.6) is 0 Å². The van der Waals surface area contributed by atoms with E-state index in [1.165, 1.54) is 0 Å². The highest BCUT2D eigenvalue weighted by molar-refractivity contribution is 5.60. The molecule has 0 saturated heterocycles. The van der Waals surface area contributed by atoms with Crippen molar-refractivity contribution in [2.24, 2.45) is 0 Å². The number of hydrogen-bond acceptors (Lipinski definition) is 1. The molecule has 1 aromatic rings. The maximum Gasteiger partial charge on any atom is 0.150 e. The number of ether oxygens (including phenoxy) is 1. The topological polar surface area (TPSA) is 9.23 Å². The number of terminal acetylenes is 2. The predicted molar refractivity (Wildman–Crippen MR) is 62.9 cm³/mol. The Hall–Kier alpha value is -1.96. The summed E-state index contributed by atoms with van der Waals surface area (Å²) in [5, 5.41) is 0. The maximum absolute atomic E-state index is 5.38. The van der Waals surface area contributed by atoms with Gasteiger partial charge in [0, 0.05) is 12.7 Å². The van der Waals surface area contributed by atoms with E-state index in [1.807, 2.05) is 36.4 Å². The van der Waals surface area contributed by atoms with E-state index in [-0.39, 0.29) is 0 Å². The quantitative estimate of drug-likeness (QED) is 0.674. The van der Waals surface area contributed by atoms with Gasteiger partial charge >= 0.3 is 0 Å². The first kappa shape index (κ1) is 11.1. The van der Waals surface area contributed by atoms with Crippen LogP contribution in [-0.2, 0) is 4.74 Å². The second kappa shape index (κ2) is 5.70. The lowest BCUT2D eigenvalue weighted by Gasteiger charge is -2.07. The molecule has 1 rings (SSSR count). The molecule has 1 atom stereocenters. The number of methoxy groups -OCH3 is 1. The first-order valence-corrected chi connectivity index (χ1v) is 4.54. The zero-order chi connectivity index (χ0) is 11.1. The molecule has 0 radical (unpaired) electrons. The van der Waals surface area contributed by atoms with Gasteiger partial charge in [-0.15, -0.1) is 12.8 Å². The molecule has 1 nitrogen and oxygen atoms in total. The largest absolute Gasteiger partial charge is 0.363 e. The number of hydrogen-bond donors (Lipinski definition) is 0. The van der Waals surface area contributed by atoms with Crippen molar-refractivity contribution in [1.29, 1.82) is 0 Å². The molecule has 0 aliphatic carbocycles. The van der Waals surface area contributed by atoms with Crippen molar-refractivity contribution in [3.8, 4) is 24.7 Å². The van der Waals surface area contributed by atoms with E-state index in [0.717, 1.165) is 5.56 Å². The summed E-state index contributed by atoms with van der Waals surface area (Å²) in [4.78, 5) is 0. The summed E-state index contributed by atoms with van der Waals surface area (Å²) in [6.45, 7) is 0. The molecule has 1 unspecified atom stereocenters. The molecule has 0 fully saturated rings. The Morgan fingerprint density at radius 3 is 2.47 bits per heavy atom. The molecule has 0 aromatic heterocycles. The minimum absolute atomic E-state index is 0.449. The van der Waals surface area contributed by atoms with Crippen LogP contribution in [0.15, 0.2) is 35.9 Å². The van der Waals surface area contributed by atoms with Crippen molar-refractivity contribution in [2.45, 2.75) is 6.10 Å². The highest BCUT2D eigenvalue weighted by Crippen LogP contribution is 2.10. The fraction of sp³-hybridized carbons (Fsp3) is 0.143. The van der Waals surface area contributed by atoms with Gasteiger partial charge in [0.25, 0.3) is 0 Å². The lowest BCUT2D eigenvalue weighted by atomic mass is 10.1. The van der Waals surface area contributed by atoms with Gasteiger partial charge in [-0.1, -0.05) is 42.2 Å². The first-order chi connectivity index (χ1) is 7.31. The van der Waals surface area contributed by atoms with Crippen molar-refractivity contribution >= 4 is 6.08 Å². The fourth-order valence-electron chi connectivity index (χ4n) is 1.21. The van der Waals surface area contributed by atoms with Crippen LogP contribution in [0.2, 0.25) is 0 Å². The van der Waals surface area contributed by atoms with E-state index in [0.29, 0.717) is 5.57 Å². The average Bonchev–Trinajstić information content (AvgIpc) is 2.30. The van der Waals surface area contributed by atoms with E-state index in [1.54, 1.807) is 7.11 Å². The molecule has 1 aromatic carbocycles. The molecule has 0 spiro atoms. The molecule has 0 heterocycles. The molecule has 0 aliphatic rings. The highest BCUT2D eigenvalue weighted by atomic mass is 16.5. The molecule has 1 heteroatoms. The van der Waals surface area contributed by atoms with Gasteiger partial charge in [0.05, 0.1) is 0 Å². The van der Waals surface area contributed by atoms with Crippen LogP contribution in [0.25, 0.3) is 6.08 Å². The van der Waals surface area contributed by atoms with E-state index < -0.39 is 6.10 Å². The molecular weight excluding hydrogens is 184 g/mol. The van der Waals surface area contributed by atoms with Gasteiger partial charge in [0.15, 0.2) is 0 Å². The molecule has 15 heavy (non-hydrogen) atoms. The monoisotopic (exact) mass is 196 g/mol. The summed E-state index contributed by atoms with van der Waals surface area (Å²) in [5.74, 6) is 5.04. The minimum atomic E-state index is -0.449. The summed E-state index contributed by atoms with van der Waals surface area (Å²) in [5.41, 5.74) is 1.67. The predicted octanol–water partition coefficient (Wildman–Crippen LogP) is 2.35. The SMILES string of the molecule is C#C/C(=C/c1ccccc1)C(C#C)OC. The van der Waals surface area contributed by atoms with Crippen LogP contribution in [0, 0.1) is 24.7 Å². The molecule has 0 bridgehead atoms. The molecule has 0 saturated carbocycles. The average molecular weight is 196 g/mol. The van der Waals surface area contributed by atoms with Crippen molar-refractivity contribution in [2.75, 3.05) is 7.11 Å². The smallest absolute Gasteiger partial charge is 0.150 e. The van der Waals surface area contributed by atoms with Crippen LogP contribution in [-0.4, -0.2) is 13.2 Å². The van der Waals surface area contributed by atoms with E-state index in [4.69, 9.17) is 17.6 Å². The molecular formula is C14H12O. The van der Waals surface area contributed by atoms with E-state index in [2.05, 4.69) is 11.8 Å². The summed E-state index contributed by atoms with van der Waals surface area (Å²) in [7, 11) is 1.54. The second-order valence-electron chi connectivity index (χ2n) is 2.94. The molecule has 0 aliphatic heterocycles. The van der Waals surface area contributed by atoms with Gasteiger partial charge in [0.2, 0.25) is 0 Å². The Labute approximate surface area is 90.8 Å². The standard InChI is InChI=1S/C14H12O/c1-4-13(14(5-2)15-3)11-12-9-7-6-8-10-12/h1-2,6-11,14H,3H3/b13-11-. The van der Waals surface area contributed by atoms with E-state index >= 15 is 0 Å². The fourth-order valence-corrected chi connectivity index (χ4v) is 1.21. The Morgan fingerprint density at radius 1 is 1.33 bits per heavy atom. The lowest BCUT2D eigenvalue weighted by molar-refractivity contribution is 0.180. The van der Waals surface area contributed by atoms with Crippen LogP contribution >= 0.6 is 0 Å². The van der Waals surface area contributed by atoms with Gasteiger partial charge in [0.1, 0.15) is 6.10 Å². The van der Waals surface area contributed by atoms with Crippen molar-refractivity contribution in [3.05, 3.63) is 41.5 Å². The summed E-state index contributed by atoms with van der Waals surface area (Å²) < 4.78 is 5.08. The normalized spacial score (nSPS) is 12.6. The molecule has 0 amide bonds. The zero-order valence-electron chi connectivity index (χ0n) is 8.60. The summed E-state index contributed by atoms with van der Waals surface area (Å²) in [6, 6.07) is 9.75. The molecule has 0 N–H and O–H groups in total. The number of benzene rings is 1. The Balaban J connectivity index is 3.00. The van der Waals surface area contributed by atoms with Crippen molar-refractivity contribution < 1.29 is 4.74 Å². The highest BCUT2D eigenvalue weighted by Gasteiger charge is 2.07. The van der Waals surface area contributed by atoms with E-state index in [9.17, 15) is 0 Å². The van der Waals surface area contributed by atoms with Gasteiger partial charge in [-0.2, -0.15) is 0 Å². The lowest BCUT2D eigenvalue weighted by Crippen LogP contribution is -2.09. The zero-order valence-corrected chi connectivity index (χ0v) is 8.60. The minimum Gasteiger partial charge on any atom is -0.363 e. The van der Waals surface area contributed by atoms with Gasteiger partial charge in [-0.25, -0.2) is 0 Å². The third kappa shape index (κ3) is 3.02. The van der Waals surface area contributed by atoms with Crippen LogP contribution in [0.3, 0.4) is 0 Å².